The number of methoxy groups -OCH3 is 1. The van der Waals surface area contributed by atoms with Crippen molar-refractivity contribution in [3.8, 4) is 0 Å². The van der Waals surface area contributed by atoms with E-state index in [2.05, 4.69) is 32.9 Å². The molecule has 4 aliphatic carbocycles. The fourth-order valence-corrected chi connectivity index (χ4v) is 9.66. The minimum absolute atomic E-state index is 0.0951. The summed E-state index contributed by atoms with van der Waals surface area (Å²) in [6.45, 7) is 8.26. The molecule has 5 rings (SSSR count). The van der Waals surface area contributed by atoms with Crippen LogP contribution in [0.2, 0.25) is 0 Å². The quantitative estimate of drug-likeness (QED) is 0.198. The zero-order chi connectivity index (χ0) is 26.9. The summed E-state index contributed by atoms with van der Waals surface area (Å²) in [6, 6.07) is 10.3. The molecule has 0 unspecified atom stereocenters. The van der Waals surface area contributed by atoms with Crippen LogP contribution in [-0.2, 0) is 30.4 Å². The van der Waals surface area contributed by atoms with Crippen LogP contribution < -0.4 is 0 Å². The molecule has 0 heterocycles. The molecule has 0 amide bonds. The van der Waals surface area contributed by atoms with Crippen molar-refractivity contribution in [1.82, 2.24) is 0 Å². The van der Waals surface area contributed by atoms with Crippen molar-refractivity contribution in [1.29, 1.82) is 0 Å². The first-order valence-corrected chi connectivity index (χ1v) is 15.1. The number of esters is 1. The number of Topliss-reactive ketones (excluding diaryl/α,β-unsaturated/α-hetero) is 1. The minimum atomic E-state index is -0.0951. The molecule has 5 nitrogen and oxygen atoms in total. The Balaban J connectivity index is 1.33. The average Bonchev–Trinajstić information content (AvgIpc) is 3.28. The number of carbonyl (C=O) groups excluding carboxylic acids is 2. The lowest BCUT2D eigenvalue weighted by atomic mass is 9.43. The van der Waals surface area contributed by atoms with Gasteiger partial charge in [-0.1, -0.05) is 51.1 Å². The largest absolute Gasteiger partial charge is 0.469 e. The Morgan fingerprint density at radius 3 is 2.58 bits per heavy atom. The first-order valence-electron chi connectivity index (χ1n) is 15.1. The van der Waals surface area contributed by atoms with Crippen molar-refractivity contribution in [2.24, 2.45) is 46.3 Å². The van der Waals surface area contributed by atoms with E-state index in [4.69, 9.17) is 14.2 Å². The van der Waals surface area contributed by atoms with E-state index in [1.807, 2.05) is 18.2 Å². The van der Waals surface area contributed by atoms with Crippen molar-refractivity contribution in [2.75, 3.05) is 13.9 Å². The van der Waals surface area contributed by atoms with Crippen LogP contribution in [0, 0.1) is 46.3 Å². The van der Waals surface area contributed by atoms with Gasteiger partial charge in [0.25, 0.3) is 0 Å². The van der Waals surface area contributed by atoms with Crippen molar-refractivity contribution >= 4 is 11.8 Å². The van der Waals surface area contributed by atoms with E-state index in [0.717, 1.165) is 37.7 Å². The van der Waals surface area contributed by atoms with Gasteiger partial charge in [-0.3, -0.25) is 9.59 Å². The molecule has 0 aromatic heterocycles. The maximum atomic E-state index is 12.5. The lowest BCUT2D eigenvalue weighted by molar-refractivity contribution is -0.206. The number of ether oxygens (including phenoxy) is 3. The zero-order valence-electron chi connectivity index (χ0n) is 24.0. The molecule has 1 aromatic rings. The monoisotopic (exact) mass is 524 g/mol. The molecule has 38 heavy (non-hydrogen) atoms. The minimum Gasteiger partial charge on any atom is -0.469 e. The molecule has 4 fully saturated rings. The molecule has 9 atom stereocenters. The summed E-state index contributed by atoms with van der Waals surface area (Å²) in [6.07, 6.45) is 10.0. The third kappa shape index (κ3) is 5.22. The first kappa shape index (κ1) is 27.8. The van der Waals surface area contributed by atoms with Crippen LogP contribution in [0.15, 0.2) is 30.3 Å². The van der Waals surface area contributed by atoms with Crippen LogP contribution in [0.25, 0.3) is 0 Å². The van der Waals surface area contributed by atoms with Crippen LogP contribution in [0.3, 0.4) is 0 Å². The smallest absolute Gasteiger partial charge is 0.305 e. The second-order valence-corrected chi connectivity index (χ2v) is 13.4. The highest BCUT2D eigenvalue weighted by atomic mass is 16.7. The molecule has 0 saturated heterocycles. The number of ketones is 1. The Hall–Kier alpha value is -1.72. The van der Waals surface area contributed by atoms with E-state index >= 15 is 0 Å². The summed E-state index contributed by atoms with van der Waals surface area (Å²) < 4.78 is 17.6. The summed E-state index contributed by atoms with van der Waals surface area (Å²) in [5.41, 5.74) is 1.67. The molecule has 0 spiro atoms. The van der Waals surface area contributed by atoms with Crippen LogP contribution in [-0.4, -0.2) is 31.8 Å². The van der Waals surface area contributed by atoms with Gasteiger partial charge in [0.15, 0.2) is 0 Å². The summed E-state index contributed by atoms with van der Waals surface area (Å²) in [4.78, 5) is 24.4. The number of carbonyl (C=O) groups is 2. The summed E-state index contributed by atoms with van der Waals surface area (Å²) >= 11 is 0. The second-order valence-electron chi connectivity index (χ2n) is 13.4. The van der Waals surface area contributed by atoms with E-state index in [-0.39, 0.29) is 22.9 Å². The first-order chi connectivity index (χ1) is 18.3. The lowest BCUT2D eigenvalue weighted by Crippen LogP contribution is -2.59. The van der Waals surface area contributed by atoms with Gasteiger partial charge in [-0.25, -0.2) is 0 Å². The van der Waals surface area contributed by atoms with Crippen LogP contribution in [0.4, 0.5) is 0 Å². The fraction of sp³-hybridized carbons (Fsp3) is 0.758. The topological polar surface area (TPSA) is 61.8 Å². The van der Waals surface area contributed by atoms with Crippen molar-refractivity contribution in [3.63, 3.8) is 0 Å². The molecule has 0 radical (unpaired) electrons. The van der Waals surface area contributed by atoms with Crippen molar-refractivity contribution < 1.29 is 23.8 Å². The highest BCUT2D eigenvalue weighted by molar-refractivity contribution is 5.79. The Bertz CT molecular complexity index is 977. The number of rotatable bonds is 9. The maximum absolute atomic E-state index is 12.5. The van der Waals surface area contributed by atoms with Crippen LogP contribution in [0.5, 0.6) is 0 Å². The van der Waals surface area contributed by atoms with Crippen LogP contribution >= 0.6 is 0 Å². The predicted molar refractivity (Wildman–Crippen MR) is 147 cm³/mol. The number of hydrogen-bond donors (Lipinski definition) is 0. The molecule has 4 saturated carbocycles. The molecule has 0 bridgehead atoms. The standard InChI is InChI=1S/C33H48O5/c1-22(10-13-30(35)36-4)26-11-12-27-31-28(15-17-33(26,27)3)32(2)16-14-25(34)18-24(32)19-29(31)38-21-37-20-23-8-6-5-7-9-23/h5-9,22,24,26-29,31H,10-21H2,1-4H3/t22-,24+,26-,27+,28+,29-,31+,32+,33-/m1/s1. The highest BCUT2D eigenvalue weighted by Crippen LogP contribution is 2.68. The summed E-state index contributed by atoms with van der Waals surface area (Å²) in [5.74, 6) is 3.65. The molecular formula is C33H48O5. The molecular weight excluding hydrogens is 476 g/mol. The molecule has 5 heteroatoms. The Labute approximate surface area is 229 Å². The van der Waals surface area contributed by atoms with E-state index < -0.39 is 0 Å². The predicted octanol–water partition coefficient (Wildman–Crippen LogP) is 6.97. The van der Waals surface area contributed by atoms with Gasteiger partial charge in [0, 0.05) is 19.3 Å². The van der Waals surface area contributed by atoms with E-state index in [1.165, 1.54) is 32.8 Å². The molecule has 210 valence electrons. The Morgan fingerprint density at radius 1 is 1.05 bits per heavy atom. The number of fused-ring (bicyclic) bond motifs is 5. The zero-order valence-corrected chi connectivity index (χ0v) is 24.0. The second kappa shape index (κ2) is 11.4. The average molecular weight is 525 g/mol. The van der Waals surface area contributed by atoms with E-state index in [0.29, 0.717) is 61.1 Å². The Morgan fingerprint density at radius 2 is 1.82 bits per heavy atom. The SMILES string of the molecule is COC(=O)CC[C@@H](C)[C@H]1CC[C@H]2[C@@H]3[C@H](OCOCc4ccccc4)C[C@@H]4CC(=O)CC[C@]4(C)[C@H]3CC[C@]12C. The molecule has 0 aliphatic heterocycles. The molecule has 0 N–H and O–H groups in total. The van der Waals surface area contributed by atoms with Gasteiger partial charge in [0.05, 0.1) is 19.8 Å². The van der Waals surface area contributed by atoms with Gasteiger partial charge in [0.2, 0.25) is 0 Å². The lowest BCUT2D eigenvalue weighted by Gasteiger charge is -2.62. The van der Waals surface area contributed by atoms with Gasteiger partial charge in [0.1, 0.15) is 12.6 Å². The van der Waals surface area contributed by atoms with E-state index in [1.54, 1.807) is 0 Å². The van der Waals surface area contributed by atoms with Gasteiger partial charge in [-0.05, 0) is 96.8 Å². The van der Waals surface area contributed by atoms with Gasteiger partial charge in [-0.15, -0.1) is 0 Å². The van der Waals surface area contributed by atoms with Gasteiger partial charge in [-0.2, -0.15) is 0 Å². The maximum Gasteiger partial charge on any atom is 0.305 e. The molecule has 4 aliphatic rings. The normalized spacial score (nSPS) is 39.1. The summed E-state index contributed by atoms with van der Waals surface area (Å²) in [5, 5.41) is 0. The Kier molecular flexibility index (Phi) is 8.36. The summed E-state index contributed by atoms with van der Waals surface area (Å²) in [7, 11) is 1.49. The highest BCUT2D eigenvalue weighted by Gasteiger charge is 2.63. The van der Waals surface area contributed by atoms with Gasteiger partial charge < -0.3 is 14.2 Å². The van der Waals surface area contributed by atoms with Gasteiger partial charge >= 0.3 is 5.97 Å². The van der Waals surface area contributed by atoms with E-state index in [9.17, 15) is 9.59 Å². The van der Waals surface area contributed by atoms with Crippen LogP contribution in [0.1, 0.15) is 90.5 Å². The molecule has 1 aromatic carbocycles. The fourth-order valence-electron chi connectivity index (χ4n) is 9.66. The van der Waals surface area contributed by atoms with Crippen molar-refractivity contribution in [3.05, 3.63) is 35.9 Å². The van der Waals surface area contributed by atoms with Crippen molar-refractivity contribution in [2.45, 2.75) is 97.7 Å². The number of hydrogen-bond acceptors (Lipinski definition) is 5. The third-order valence-corrected chi connectivity index (χ3v) is 11.7. The number of benzene rings is 1. The third-order valence-electron chi connectivity index (χ3n) is 11.7.